The number of aryl methyl sites for hydroxylation is 2. The molecule has 5 aromatic rings. The fourth-order valence-corrected chi connectivity index (χ4v) is 3.41. The van der Waals surface area contributed by atoms with Crippen molar-refractivity contribution in [2.24, 2.45) is 7.05 Å². The Morgan fingerprint density at radius 3 is 2.64 bits per heavy atom. The maximum atomic E-state index is 12.8. The number of tetrazole rings is 1. The number of pyridine rings is 1. The van der Waals surface area contributed by atoms with Gasteiger partial charge in [0.25, 0.3) is 5.89 Å². The zero-order valence-corrected chi connectivity index (χ0v) is 19.0. The molecule has 0 aliphatic carbocycles. The molecule has 0 unspecified atom stereocenters. The van der Waals surface area contributed by atoms with Crippen LogP contribution in [0.3, 0.4) is 0 Å². The lowest BCUT2D eigenvalue weighted by molar-refractivity contribution is -0.137. The highest BCUT2D eigenvalue weighted by molar-refractivity contribution is 5.61. The van der Waals surface area contributed by atoms with Crippen LogP contribution in [0.25, 0.3) is 22.8 Å². The molecule has 184 valence electrons. The van der Waals surface area contributed by atoms with Gasteiger partial charge in [0, 0.05) is 18.8 Å². The molecule has 0 spiro atoms. The van der Waals surface area contributed by atoms with Crippen LogP contribution in [0.2, 0.25) is 0 Å². The van der Waals surface area contributed by atoms with E-state index in [1.165, 1.54) is 12.1 Å². The molecule has 0 fully saturated rings. The lowest BCUT2D eigenvalue weighted by atomic mass is 10.2. The Balaban J connectivity index is 1.33. The number of nitrogens with zero attached hydrogens (tertiary/aromatic N) is 9. The Bertz CT molecular complexity index is 1490. The summed E-state index contributed by atoms with van der Waals surface area (Å²) in [6.07, 6.45) is -1.22. The van der Waals surface area contributed by atoms with Gasteiger partial charge in [-0.05, 0) is 53.7 Å². The molecule has 0 saturated carbocycles. The summed E-state index contributed by atoms with van der Waals surface area (Å²) < 4.78 is 52.7. The molecule has 0 atom stereocenters. The molecule has 0 amide bonds. The van der Waals surface area contributed by atoms with Crippen molar-refractivity contribution in [3.8, 4) is 28.6 Å². The Labute approximate surface area is 201 Å². The fourth-order valence-electron chi connectivity index (χ4n) is 3.41. The second-order valence-electron chi connectivity index (χ2n) is 7.78. The van der Waals surface area contributed by atoms with Crippen LogP contribution in [0.4, 0.5) is 13.2 Å². The van der Waals surface area contributed by atoms with E-state index in [9.17, 15) is 13.2 Å². The molecule has 4 heterocycles. The quantitative estimate of drug-likeness (QED) is 0.333. The Morgan fingerprint density at radius 1 is 1.11 bits per heavy atom. The van der Waals surface area contributed by atoms with Gasteiger partial charge in [-0.25, -0.2) is 4.68 Å². The third-order valence-corrected chi connectivity index (χ3v) is 5.37. The molecule has 0 radical (unpaired) electrons. The molecule has 0 aliphatic rings. The minimum absolute atomic E-state index is 0.0274. The molecule has 14 heteroatoms. The average molecular weight is 497 g/mol. The van der Waals surface area contributed by atoms with E-state index < -0.39 is 11.7 Å². The molecule has 1 aromatic carbocycles. The van der Waals surface area contributed by atoms with Gasteiger partial charge in [-0.2, -0.15) is 23.3 Å². The lowest BCUT2D eigenvalue weighted by Crippen LogP contribution is -2.06. The van der Waals surface area contributed by atoms with Gasteiger partial charge in [-0.15, -0.1) is 5.10 Å². The van der Waals surface area contributed by atoms with Gasteiger partial charge in [-0.3, -0.25) is 9.67 Å². The minimum atomic E-state index is -4.41. The maximum Gasteiger partial charge on any atom is 0.416 e. The van der Waals surface area contributed by atoms with Crippen molar-refractivity contribution in [1.82, 2.24) is 45.1 Å². The number of hydrogen-bond donors (Lipinski definition) is 0. The first kappa shape index (κ1) is 23.1. The minimum Gasteiger partial charge on any atom is -0.487 e. The number of hydrogen-bond acceptors (Lipinski definition) is 9. The molecule has 5 rings (SSSR count). The Kier molecular flexibility index (Phi) is 5.91. The molecule has 0 N–H and O–H groups in total. The van der Waals surface area contributed by atoms with Crippen molar-refractivity contribution < 1.29 is 22.4 Å². The summed E-state index contributed by atoms with van der Waals surface area (Å²) in [5, 5.41) is 19.7. The van der Waals surface area contributed by atoms with Crippen LogP contribution in [0.5, 0.6) is 5.75 Å². The van der Waals surface area contributed by atoms with E-state index in [0.29, 0.717) is 40.7 Å². The summed E-state index contributed by atoms with van der Waals surface area (Å²) in [4.78, 5) is 8.83. The van der Waals surface area contributed by atoms with Crippen LogP contribution in [0.15, 0.2) is 53.3 Å². The van der Waals surface area contributed by atoms with Gasteiger partial charge in [0.05, 0.1) is 35.3 Å². The van der Waals surface area contributed by atoms with Gasteiger partial charge in [0.2, 0.25) is 5.82 Å². The number of alkyl halides is 3. The van der Waals surface area contributed by atoms with Gasteiger partial charge >= 0.3 is 6.18 Å². The van der Waals surface area contributed by atoms with Crippen molar-refractivity contribution in [3.05, 3.63) is 71.6 Å². The van der Waals surface area contributed by atoms with Crippen molar-refractivity contribution in [1.29, 1.82) is 0 Å². The van der Waals surface area contributed by atoms with Gasteiger partial charge in [0.1, 0.15) is 18.2 Å². The molecule has 0 aliphatic heterocycles. The molecule has 36 heavy (non-hydrogen) atoms. The summed E-state index contributed by atoms with van der Waals surface area (Å²) in [7, 11) is 1.71. The SMILES string of the molecule is Cc1nnnn1Cc1cc(-c2noc(-c3cnn(C)c3COc3ccc(C(F)(F)F)cc3)n2)ccn1. The molecule has 0 bridgehead atoms. The molecule has 11 nitrogen and oxygen atoms in total. The van der Waals surface area contributed by atoms with Crippen molar-refractivity contribution in [3.63, 3.8) is 0 Å². The normalized spacial score (nSPS) is 11.7. The van der Waals surface area contributed by atoms with Gasteiger partial charge in [0.15, 0.2) is 0 Å². The Morgan fingerprint density at radius 2 is 1.92 bits per heavy atom. The van der Waals surface area contributed by atoms with E-state index in [-0.39, 0.29) is 18.2 Å². The first-order chi connectivity index (χ1) is 17.3. The van der Waals surface area contributed by atoms with Crippen LogP contribution in [-0.4, -0.2) is 45.1 Å². The summed E-state index contributed by atoms with van der Waals surface area (Å²) in [5.74, 6) is 1.51. The highest BCUT2D eigenvalue weighted by Crippen LogP contribution is 2.31. The third-order valence-electron chi connectivity index (χ3n) is 5.37. The van der Waals surface area contributed by atoms with E-state index in [1.54, 1.807) is 41.8 Å². The predicted molar refractivity (Wildman–Crippen MR) is 117 cm³/mol. The summed E-state index contributed by atoms with van der Waals surface area (Å²) in [6, 6.07) is 8.03. The third kappa shape index (κ3) is 4.78. The standard InChI is InChI=1S/C22H18F3N9O2/c1-13-29-31-32-34(13)11-16-9-14(7-8-26-16)20-28-21(36-30-20)18-10-27-33(2)19(18)12-35-17-5-3-15(4-6-17)22(23,24)25/h3-10H,11-12H2,1-2H3. The van der Waals surface area contributed by atoms with E-state index >= 15 is 0 Å². The molecular weight excluding hydrogens is 479 g/mol. The number of rotatable bonds is 7. The monoisotopic (exact) mass is 497 g/mol. The van der Waals surface area contributed by atoms with Crippen molar-refractivity contribution >= 4 is 0 Å². The zero-order valence-electron chi connectivity index (χ0n) is 19.0. The van der Waals surface area contributed by atoms with E-state index in [4.69, 9.17) is 9.26 Å². The summed E-state index contributed by atoms with van der Waals surface area (Å²) >= 11 is 0. The number of benzene rings is 1. The van der Waals surface area contributed by atoms with Gasteiger partial charge < -0.3 is 9.26 Å². The van der Waals surface area contributed by atoms with E-state index in [1.807, 2.05) is 6.07 Å². The van der Waals surface area contributed by atoms with Crippen molar-refractivity contribution in [2.75, 3.05) is 0 Å². The molecule has 0 saturated heterocycles. The maximum absolute atomic E-state index is 12.8. The summed E-state index contributed by atoms with van der Waals surface area (Å²) in [5.41, 5.74) is 1.80. The number of aromatic nitrogens is 9. The van der Waals surface area contributed by atoms with E-state index in [0.717, 1.165) is 12.1 Å². The lowest BCUT2D eigenvalue weighted by Gasteiger charge is -2.10. The van der Waals surface area contributed by atoms with Crippen LogP contribution in [0, 0.1) is 6.92 Å². The van der Waals surface area contributed by atoms with Gasteiger partial charge in [-0.1, -0.05) is 5.16 Å². The second-order valence-corrected chi connectivity index (χ2v) is 7.78. The van der Waals surface area contributed by atoms with Crippen LogP contribution >= 0.6 is 0 Å². The number of halogens is 3. The topological polar surface area (TPSA) is 122 Å². The number of ether oxygens (including phenoxy) is 1. The largest absolute Gasteiger partial charge is 0.487 e. The van der Waals surface area contributed by atoms with Crippen LogP contribution < -0.4 is 4.74 Å². The average Bonchev–Trinajstić information content (AvgIpc) is 3.58. The zero-order chi connectivity index (χ0) is 25.3. The van der Waals surface area contributed by atoms with Crippen LogP contribution in [-0.2, 0) is 26.4 Å². The van der Waals surface area contributed by atoms with E-state index in [2.05, 4.69) is 35.7 Å². The second kappa shape index (κ2) is 9.20. The molecule has 4 aromatic heterocycles. The molecular formula is C22H18F3N9O2. The highest BCUT2D eigenvalue weighted by Gasteiger charge is 2.30. The Hall–Kier alpha value is -4.62. The summed E-state index contributed by atoms with van der Waals surface area (Å²) in [6.45, 7) is 2.20. The first-order valence-electron chi connectivity index (χ1n) is 10.6. The predicted octanol–water partition coefficient (Wildman–Crippen LogP) is 3.47. The van der Waals surface area contributed by atoms with Crippen LogP contribution in [0.1, 0.15) is 22.8 Å². The van der Waals surface area contributed by atoms with Crippen molar-refractivity contribution in [2.45, 2.75) is 26.3 Å². The fraction of sp³-hybridized carbons (Fsp3) is 0.227. The smallest absolute Gasteiger partial charge is 0.416 e. The first-order valence-corrected chi connectivity index (χ1v) is 10.6. The highest BCUT2D eigenvalue weighted by atomic mass is 19.4.